The highest BCUT2D eigenvalue weighted by atomic mass is 19.1. The highest BCUT2D eigenvalue weighted by Crippen LogP contribution is 2.48. The van der Waals surface area contributed by atoms with Crippen LogP contribution in [0.25, 0.3) is 0 Å². The Labute approximate surface area is 174 Å². The summed E-state index contributed by atoms with van der Waals surface area (Å²) in [5.41, 5.74) is 1.89. The zero-order chi connectivity index (χ0) is 21.3. The first-order valence-corrected chi connectivity index (χ1v) is 10.00. The third kappa shape index (κ3) is 4.06. The van der Waals surface area contributed by atoms with Gasteiger partial charge >= 0.3 is 5.97 Å². The van der Waals surface area contributed by atoms with Crippen molar-refractivity contribution in [3.63, 3.8) is 0 Å². The van der Waals surface area contributed by atoms with E-state index in [9.17, 15) is 18.8 Å². The predicted molar refractivity (Wildman–Crippen MR) is 108 cm³/mol. The van der Waals surface area contributed by atoms with E-state index in [4.69, 9.17) is 0 Å². The van der Waals surface area contributed by atoms with Gasteiger partial charge in [0.2, 0.25) is 5.91 Å². The maximum Gasteiger partial charge on any atom is 0.337 e. The van der Waals surface area contributed by atoms with Crippen LogP contribution in [0.1, 0.15) is 38.6 Å². The molecule has 2 unspecified atom stereocenters. The highest BCUT2D eigenvalue weighted by molar-refractivity contribution is 5.96. The first kappa shape index (κ1) is 20.1. The first-order chi connectivity index (χ1) is 14.5. The lowest BCUT2D eigenvalue weighted by atomic mass is 10.1. The Kier molecular flexibility index (Phi) is 5.53. The van der Waals surface area contributed by atoms with Gasteiger partial charge in [0, 0.05) is 37.7 Å². The molecule has 2 atom stereocenters. The fraction of sp³-hybridized carbons (Fsp3) is 0.348. The molecule has 2 fully saturated rings. The van der Waals surface area contributed by atoms with Gasteiger partial charge in [0.05, 0.1) is 12.7 Å². The minimum absolute atomic E-state index is 0.0522. The molecular formula is C23H23FN2O4. The number of methoxy groups -OCH3 is 1. The molecule has 2 aromatic carbocycles. The van der Waals surface area contributed by atoms with Crippen LogP contribution in [-0.2, 0) is 9.53 Å². The molecule has 156 valence electrons. The van der Waals surface area contributed by atoms with Gasteiger partial charge in [-0.15, -0.1) is 0 Å². The second-order valence-corrected chi connectivity index (χ2v) is 7.69. The lowest BCUT2D eigenvalue weighted by Crippen LogP contribution is -2.51. The van der Waals surface area contributed by atoms with E-state index >= 15 is 0 Å². The predicted octanol–water partition coefficient (Wildman–Crippen LogP) is 2.70. The van der Waals surface area contributed by atoms with Crippen molar-refractivity contribution in [2.24, 2.45) is 5.92 Å². The van der Waals surface area contributed by atoms with Crippen molar-refractivity contribution >= 4 is 17.8 Å². The highest BCUT2D eigenvalue weighted by Gasteiger charge is 2.46. The van der Waals surface area contributed by atoms with Crippen molar-refractivity contribution in [1.82, 2.24) is 9.80 Å². The summed E-state index contributed by atoms with van der Waals surface area (Å²) in [7, 11) is 1.31. The molecule has 2 aromatic rings. The molecule has 6 nitrogen and oxygen atoms in total. The van der Waals surface area contributed by atoms with E-state index in [2.05, 4.69) is 4.74 Å². The summed E-state index contributed by atoms with van der Waals surface area (Å²) in [4.78, 5) is 40.6. The molecule has 1 aliphatic carbocycles. The third-order valence-corrected chi connectivity index (χ3v) is 5.84. The first-order valence-electron chi connectivity index (χ1n) is 10.00. The number of amides is 2. The Morgan fingerprint density at radius 1 is 0.867 bits per heavy atom. The average Bonchev–Trinajstić information content (AvgIpc) is 3.59. The molecule has 1 aliphatic heterocycles. The molecular weight excluding hydrogens is 387 g/mol. The van der Waals surface area contributed by atoms with Crippen molar-refractivity contribution in [2.45, 2.75) is 12.3 Å². The molecule has 0 bridgehead atoms. The number of nitrogens with zero attached hydrogens (tertiary/aromatic N) is 2. The number of esters is 1. The summed E-state index contributed by atoms with van der Waals surface area (Å²) in [6.07, 6.45) is 0.788. The van der Waals surface area contributed by atoms with E-state index in [0.717, 1.165) is 12.0 Å². The number of carbonyl (C=O) groups is 3. The smallest absolute Gasteiger partial charge is 0.337 e. The van der Waals surface area contributed by atoms with Crippen LogP contribution in [0.2, 0.25) is 0 Å². The topological polar surface area (TPSA) is 66.9 Å². The van der Waals surface area contributed by atoms with Crippen LogP contribution in [0, 0.1) is 11.7 Å². The Morgan fingerprint density at radius 3 is 2.03 bits per heavy atom. The molecule has 2 amide bonds. The van der Waals surface area contributed by atoms with Crippen molar-refractivity contribution in [1.29, 1.82) is 0 Å². The molecule has 2 aliphatic rings. The Morgan fingerprint density at radius 2 is 1.43 bits per heavy atom. The van der Waals surface area contributed by atoms with E-state index in [1.54, 1.807) is 41.3 Å². The van der Waals surface area contributed by atoms with Crippen LogP contribution < -0.4 is 0 Å². The second kappa shape index (κ2) is 8.26. The quantitative estimate of drug-likeness (QED) is 0.727. The van der Waals surface area contributed by atoms with Gasteiger partial charge in [-0.25, -0.2) is 9.18 Å². The summed E-state index contributed by atoms with van der Waals surface area (Å²) in [5, 5.41) is 0. The Hall–Kier alpha value is -3.22. The maximum atomic E-state index is 13.1. The van der Waals surface area contributed by atoms with E-state index in [-0.39, 0.29) is 29.5 Å². The molecule has 0 radical (unpaired) electrons. The van der Waals surface area contributed by atoms with E-state index in [1.165, 1.54) is 19.2 Å². The summed E-state index contributed by atoms with van der Waals surface area (Å²) in [6.45, 7) is 1.93. The van der Waals surface area contributed by atoms with Gasteiger partial charge in [-0.3, -0.25) is 9.59 Å². The van der Waals surface area contributed by atoms with Gasteiger partial charge in [-0.2, -0.15) is 0 Å². The maximum absolute atomic E-state index is 13.1. The van der Waals surface area contributed by atoms with Crippen LogP contribution >= 0.6 is 0 Å². The number of rotatable bonds is 4. The fourth-order valence-electron chi connectivity index (χ4n) is 3.96. The second-order valence-electron chi connectivity index (χ2n) is 7.69. The van der Waals surface area contributed by atoms with Crippen LogP contribution in [-0.4, -0.2) is 60.9 Å². The minimum atomic E-state index is -0.444. The summed E-state index contributed by atoms with van der Waals surface area (Å²) in [5.74, 6) is -0.620. The third-order valence-electron chi connectivity index (χ3n) is 5.84. The molecule has 7 heteroatoms. The molecule has 30 heavy (non-hydrogen) atoms. The van der Waals surface area contributed by atoms with E-state index < -0.39 is 5.97 Å². The monoisotopic (exact) mass is 410 g/mol. The molecule has 4 rings (SSSR count). The van der Waals surface area contributed by atoms with Crippen molar-refractivity contribution in [3.8, 4) is 0 Å². The van der Waals surface area contributed by atoms with Crippen molar-refractivity contribution in [2.75, 3.05) is 33.3 Å². The fourth-order valence-corrected chi connectivity index (χ4v) is 3.96. The SMILES string of the molecule is COC(=O)c1ccc(C(=O)N2CCN(C(=O)C3CC3c3ccc(F)cc3)CC2)cc1. The largest absolute Gasteiger partial charge is 0.465 e. The molecule has 0 aromatic heterocycles. The van der Waals surface area contributed by atoms with Gasteiger partial charge in [0.1, 0.15) is 5.82 Å². The van der Waals surface area contributed by atoms with Gasteiger partial charge < -0.3 is 14.5 Å². The lowest BCUT2D eigenvalue weighted by molar-refractivity contribution is -0.134. The number of piperazine rings is 1. The van der Waals surface area contributed by atoms with Gasteiger partial charge in [0.15, 0.2) is 0 Å². The normalized spacial score (nSPS) is 20.6. The number of carbonyl (C=O) groups excluding carboxylic acids is 3. The summed E-state index contributed by atoms with van der Waals surface area (Å²) < 4.78 is 17.7. The average molecular weight is 410 g/mol. The van der Waals surface area contributed by atoms with Gasteiger partial charge in [0.25, 0.3) is 5.91 Å². The van der Waals surface area contributed by atoms with Gasteiger partial charge in [-0.1, -0.05) is 12.1 Å². The number of benzene rings is 2. The van der Waals surface area contributed by atoms with Crippen LogP contribution in [0.4, 0.5) is 4.39 Å². The summed E-state index contributed by atoms with van der Waals surface area (Å²) in [6, 6.07) is 12.7. The van der Waals surface area contributed by atoms with Crippen LogP contribution in [0.3, 0.4) is 0 Å². The van der Waals surface area contributed by atoms with Crippen LogP contribution in [0.15, 0.2) is 48.5 Å². The number of hydrogen-bond donors (Lipinski definition) is 0. The molecule has 1 saturated carbocycles. The zero-order valence-electron chi connectivity index (χ0n) is 16.7. The summed E-state index contributed by atoms with van der Waals surface area (Å²) >= 11 is 0. The molecule has 0 spiro atoms. The lowest BCUT2D eigenvalue weighted by Gasteiger charge is -2.35. The van der Waals surface area contributed by atoms with E-state index in [1.807, 2.05) is 4.90 Å². The standard InChI is InChI=1S/C23H23FN2O4/c1-30-23(29)17-4-2-16(3-5-17)21(27)25-10-12-26(13-11-25)22(28)20-14-19(20)15-6-8-18(24)9-7-15/h2-9,19-20H,10-14H2,1H3. The number of ether oxygens (including phenoxy) is 1. The zero-order valence-corrected chi connectivity index (χ0v) is 16.7. The molecule has 1 saturated heterocycles. The number of halogens is 1. The molecule has 0 N–H and O–H groups in total. The number of hydrogen-bond acceptors (Lipinski definition) is 4. The van der Waals surface area contributed by atoms with Gasteiger partial charge in [-0.05, 0) is 54.3 Å². The van der Waals surface area contributed by atoms with Crippen LogP contribution in [0.5, 0.6) is 0 Å². The van der Waals surface area contributed by atoms with Crippen molar-refractivity contribution < 1.29 is 23.5 Å². The van der Waals surface area contributed by atoms with E-state index in [0.29, 0.717) is 37.3 Å². The Bertz CT molecular complexity index is 950. The Balaban J connectivity index is 1.30. The minimum Gasteiger partial charge on any atom is -0.465 e. The molecule has 1 heterocycles. The van der Waals surface area contributed by atoms with Crippen molar-refractivity contribution in [3.05, 3.63) is 71.0 Å².